The van der Waals surface area contributed by atoms with Crippen molar-refractivity contribution in [2.75, 3.05) is 26.8 Å². The van der Waals surface area contributed by atoms with Crippen molar-refractivity contribution in [2.24, 2.45) is 0 Å². The molecule has 1 amide bonds. The largest absolute Gasteiger partial charge is 0.383 e. The van der Waals surface area contributed by atoms with Crippen LogP contribution in [-0.2, 0) is 11.3 Å². The van der Waals surface area contributed by atoms with Crippen LogP contribution in [0.2, 0.25) is 5.02 Å². The Hall–Kier alpha value is -2.12. The smallest absolute Gasteiger partial charge is 0.346 e. The molecule has 1 atom stereocenters. The van der Waals surface area contributed by atoms with Gasteiger partial charge in [0.1, 0.15) is 5.82 Å². The quantitative estimate of drug-likeness (QED) is 0.742. The lowest BCUT2D eigenvalue weighted by Crippen LogP contribution is -2.40. The van der Waals surface area contributed by atoms with Gasteiger partial charge in [-0.15, -0.1) is 0 Å². The number of halogens is 1. The van der Waals surface area contributed by atoms with E-state index < -0.39 is 0 Å². The SMILES string of the molecule is COCCn1nc(C2CCCN(C(=O)c3ccc(Cl)cc3)C2)n(C2CC2)c1=O. The van der Waals surface area contributed by atoms with Crippen LogP contribution in [0.25, 0.3) is 0 Å². The van der Waals surface area contributed by atoms with E-state index in [1.54, 1.807) is 31.4 Å². The molecule has 7 nitrogen and oxygen atoms in total. The second kappa shape index (κ2) is 8.09. The van der Waals surface area contributed by atoms with E-state index in [2.05, 4.69) is 5.10 Å². The number of amides is 1. The summed E-state index contributed by atoms with van der Waals surface area (Å²) in [5.74, 6) is 0.889. The van der Waals surface area contributed by atoms with Crippen molar-refractivity contribution in [1.29, 1.82) is 0 Å². The van der Waals surface area contributed by atoms with E-state index >= 15 is 0 Å². The highest BCUT2D eigenvalue weighted by atomic mass is 35.5. The van der Waals surface area contributed by atoms with Gasteiger partial charge >= 0.3 is 5.69 Å². The number of likely N-dealkylation sites (tertiary alicyclic amines) is 1. The highest BCUT2D eigenvalue weighted by Gasteiger charge is 2.35. The first-order chi connectivity index (χ1) is 13.6. The minimum Gasteiger partial charge on any atom is -0.383 e. The Labute approximate surface area is 168 Å². The number of methoxy groups -OCH3 is 1. The molecule has 2 fully saturated rings. The summed E-state index contributed by atoms with van der Waals surface area (Å²) in [5, 5.41) is 5.26. The number of ether oxygens (including phenoxy) is 1. The number of benzene rings is 1. The zero-order valence-corrected chi connectivity index (χ0v) is 16.8. The maximum Gasteiger partial charge on any atom is 0.346 e. The van der Waals surface area contributed by atoms with Gasteiger partial charge < -0.3 is 9.64 Å². The van der Waals surface area contributed by atoms with E-state index in [1.165, 1.54) is 4.68 Å². The number of nitrogens with zero attached hydrogens (tertiary/aromatic N) is 4. The molecule has 4 rings (SSSR count). The fourth-order valence-corrected chi connectivity index (χ4v) is 3.99. The molecule has 1 saturated heterocycles. The van der Waals surface area contributed by atoms with E-state index in [0.717, 1.165) is 38.1 Å². The van der Waals surface area contributed by atoms with Crippen LogP contribution in [0.4, 0.5) is 0 Å². The molecule has 1 unspecified atom stereocenters. The molecule has 1 aliphatic heterocycles. The summed E-state index contributed by atoms with van der Waals surface area (Å²) >= 11 is 5.93. The molecule has 1 aliphatic carbocycles. The summed E-state index contributed by atoms with van der Waals surface area (Å²) in [4.78, 5) is 27.6. The van der Waals surface area contributed by atoms with Crippen molar-refractivity contribution in [3.8, 4) is 0 Å². The summed E-state index contributed by atoms with van der Waals surface area (Å²) in [5.41, 5.74) is 0.575. The van der Waals surface area contributed by atoms with Crippen LogP contribution in [-0.4, -0.2) is 52.0 Å². The maximum atomic E-state index is 12.9. The van der Waals surface area contributed by atoms with Gasteiger partial charge in [0.15, 0.2) is 0 Å². The summed E-state index contributed by atoms with van der Waals surface area (Å²) in [6.07, 6.45) is 3.86. The van der Waals surface area contributed by atoms with Crippen LogP contribution in [0, 0.1) is 0 Å². The molecule has 2 aliphatic rings. The minimum absolute atomic E-state index is 0.000464. The zero-order valence-electron chi connectivity index (χ0n) is 16.0. The summed E-state index contributed by atoms with van der Waals surface area (Å²) in [6, 6.07) is 7.24. The van der Waals surface area contributed by atoms with Gasteiger partial charge in [-0.25, -0.2) is 9.48 Å². The second-order valence-corrected chi connectivity index (χ2v) is 7.99. The molecule has 2 heterocycles. The first-order valence-electron chi connectivity index (χ1n) is 9.81. The van der Waals surface area contributed by atoms with E-state index in [4.69, 9.17) is 16.3 Å². The number of hydrogen-bond acceptors (Lipinski definition) is 4. The highest BCUT2D eigenvalue weighted by Crippen LogP contribution is 2.37. The molecule has 1 aromatic carbocycles. The average molecular weight is 405 g/mol. The zero-order chi connectivity index (χ0) is 19.7. The third kappa shape index (κ3) is 3.86. The van der Waals surface area contributed by atoms with Crippen molar-refractivity contribution in [3.63, 3.8) is 0 Å². The van der Waals surface area contributed by atoms with Gasteiger partial charge in [-0.05, 0) is 49.9 Å². The monoisotopic (exact) mass is 404 g/mol. The molecule has 1 saturated carbocycles. The number of aromatic nitrogens is 3. The summed E-state index contributed by atoms with van der Waals surface area (Å²) in [7, 11) is 1.62. The van der Waals surface area contributed by atoms with Crippen molar-refractivity contribution in [1.82, 2.24) is 19.2 Å². The lowest BCUT2D eigenvalue weighted by molar-refractivity contribution is 0.0703. The molecule has 150 valence electrons. The second-order valence-electron chi connectivity index (χ2n) is 7.56. The molecule has 8 heteroatoms. The van der Waals surface area contributed by atoms with Gasteiger partial charge in [0.2, 0.25) is 0 Å². The normalized spacial score (nSPS) is 19.8. The van der Waals surface area contributed by atoms with Gasteiger partial charge in [0.25, 0.3) is 5.91 Å². The number of carbonyl (C=O) groups is 1. The molecular weight excluding hydrogens is 380 g/mol. The van der Waals surface area contributed by atoms with Crippen molar-refractivity contribution < 1.29 is 9.53 Å². The molecular formula is C20H25ClN4O3. The predicted molar refractivity (Wildman–Crippen MR) is 106 cm³/mol. The minimum atomic E-state index is -0.0595. The Morgan fingerprint density at radius 2 is 2.00 bits per heavy atom. The third-order valence-electron chi connectivity index (χ3n) is 5.48. The Bertz CT molecular complexity index is 901. The standard InChI is InChI=1S/C20H25ClN4O3/c1-28-12-11-24-20(27)25(17-8-9-17)18(22-24)15-3-2-10-23(13-15)19(26)14-4-6-16(21)7-5-14/h4-7,15,17H,2-3,8-13H2,1H3. The highest BCUT2D eigenvalue weighted by molar-refractivity contribution is 6.30. The average Bonchev–Trinajstić information content (AvgIpc) is 3.50. The summed E-state index contributed by atoms with van der Waals surface area (Å²) in [6.45, 7) is 2.19. The Morgan fingerprint density at radius 3 is 2.68 bits per heavy atom. The fourth-order valence-electron chi connectivity index (χ4n) is 3.86. The lowest BCUT2D eigenvalue weighted by Gasteiger charge is -2.32. The van der Waals surface area contributed by atoms with E-state index in [0.29, 0.717) is 30.3 Å². The third-order valence-corrected chi connectivity index (χ3v) is 5.73. The number of piperidine rings is 1. The predicted octanol–water partition coefficient (Wildman–Crippen LogP) is 2.70. The van der Waals surface area contributed by atoms with Gasteiger partial charge in [0, 0.05) is 42.7 Å². The van der Waals surface area contributed by atoms with Gasteiger partial charge in [0.05, 0.1) is 13.2 Å². The van der Waals surface area contributed by atoms with Crippen LogP contribution in [0.5, 0.6) is 0 Å². The Kier molecular flexibility index (Phi) is 5.55. The number of carbonyl (C=O) groups excluding carboxylic acids is 1. The van der Waals surface area contributed by atoms with Crippen LogP contribution in [0.1, 0.15) is 53.8 Å². The van der Waals surface area contributed by atoms with Crippen LogP contribution < -0.4 is 5.69 Å². The number of hydrogen-bond donors (Lipinski definition) is 0. The van der Waals surface area contributed by atoms with Crippen LogP contribution in [0.3, 0.4) is 0 Å². The topological polar surface area (TPSA) is 69.4 Å². The maximum absolute atomic E-state index is 12.9. The first kappa shape index (κ1) is 19.2. The fraction of sp³-hybridized carbons (Fsp3) is 0.550. The van der Waals surface area contributed by atoms with Crippen molar-refractivity contribution in [2.45, 2.75) is 44.2 Å². The molecule has 0 bridgehead atoms. The van der Waals surface area contributed by atoms with E-state index in [9.17, 15) is 9.59 Å². The van der Waals surface area contributed by atoms with Crippen molar-refractivity contribution >= 4 is 17.5 Å². The first-order valence-corrected chi connectivity index (χ1v) is 10.2. The van der Waals surface area contributed by atoms with E-state index in [1.807, 2.05) is 9.47 Å². The molecule has 2 aromatic rings. The molecule has 0 N–H and O–H groups in total. The molecule has 0 radical (unpaired) electrons. The van der Waals surface area contributed by atoms with Crippen LogP contribution >= 0.6 is 11.6 Å². The molecule has 1 aromatic heterocycles. The molecule has 0 spiro atoms. The number of rotatable bonds is 6. The Morgan fingerprint density at radius 1 is 1.25 bits per heavy atom. The Balaban J connectivity index is 1.56. The lowest BCUT2D eigenvalue weighted by atomic mass is 9.96. The van der Waals surface area contributed by atoms with E-state index in [-0.39, 0.29) is 23.6 Å². The van der Waals surface area contributed by atoms with Gasteiger partial charge in [-0.3, -0.25) is 9.36 Å². The van der Waals surface area contributed by atoms with Crippen LogP contribution in [0.15, 0.2) is 29.1 Å². The van der Waals surface area contributed by atoms with Crippen molar-refractivity contribution in [3.05, 3.63) is 51.2 Å². The summed E-state index contributed by atoms with van der Waals surface area (Å²) < 4.78 is 8.47. The van der Waals surface area contributed by atoms with Gasteiger partial charge in [-0.1, -0.05) is 11.6 Å². The molecule has 28 heavy (non-hydrogen) atoms. The van der Waals surface area contributed by atoms with Gasteiger partial charge in [-0.2, -0.15) is 5.10 Å².